The second kappa shape index (κ2) is 5.65. The van der Waals surface area contributed by atoms with Gasteiger partial charge < -0.3 is 10.7 Å². The average Bonchev–Trinajstić information content (AvgIpc) is 2.82. The summed E-state index contributed by atoms with van der Waals surface area (Å²) < 4.78 is 0. The maximum Gasteiger partial charge on any atom is 0.166 e. The Hall–Kier alpha value is -1.00. The molecule has 3 unspecified atom stereocenters. The number of nitrogens with zero attached hydrogens (tertiary/aromatic N) is 1. The van der Waals surface area contributed by atoms with Gasteiger partial charge in [-0.2, -0.15) is 0 Å². The van der Waals surface area contributed by atoms with Crippen molar-refractivity contribution in [1.82, 2.24) is 9.97 Å². The van der Waals surface area contributed by atoms with Gasteiger partial charge in [0.25, 0.3) is 0 Å². The second-order valence-corrected chi connectivity index (χ2v) is 8.48. The van der Waals surface area contributed by atoms with Gasteiger partial charge in [-0.25, -0.2) is 4.98 Å². The van der Waals surface area contributed by atoms with Gasteiger partial charge in [0.05, 0.1) is 11.0 Å². The number of H-pyrrole nitrogens is 1. The van der Waals surface area contributed by atoms with Gasteiger partial charge in [-0.3, -0.25) is 0 Å². The first-order chi connectivity index (χ1) is 9.93. The number of benzene rings is 1. The van der Waals surface area contributed by atoms with Crippen LogP contribution in [0.5, 0.6) is 0 Å². The van der Waals surface area contributed by atoms with Crippen LogP contribution < -0.4 is 5.73 Å². The molecule has 1 aliphatic rings. The number of aromatic amines is 1. The molecule has 1 aromatic carbocycles. The molecule has 1 heterocycles. The number of hydrogen-bond donors (Lipinski definition) is 2. The molecule has 0 saturated heterocycles. The second-order valence-electron chi connectivity index (χ2n) is 7.26. The predicted octanol–water partition coefficient (Wildman–Crippen LogP) is 4.20. The molecule has 4 heteroatoms. The molecule has 3 rings (SSSR count). The first-order valence-corrected chi connectivity index (χ1v) is 8.68. The Morgan fingerprint density at radius 2 is 2.00 bits per heavy atom. The molecule has 3 N–H and O–H groups in total. The topological polar surface area (TPSA) is 54.7 Å². The highest BCUT2D eigenvalue weighted by Gasteiger charge is 2.35. The van der Waals surface area contributed by atoms with Gasteiger partial charge in [-0.1, -0.05) is 44.7 Å². The summed E-state index contributed by atoms with van der Waals surface area (Å²) in [6.45, 7) is 7.03. The third-order valence-electron chi connectivity index (χ3n) is 4.70. The van der Waals surface area contributed by atoms with E-state index in [1.165, 1.54) is 12.8 Å². The van der Waals surface area contributed by atoms with E-state index in [1.807, 2.05) is 23.9 Å². The number of thioether (sulfide) groups is 1. The van der Waals surface area contributed by atoms with E-state index in [2.05, 4.69) is 42.9 Å². The predicted molar refractivity (Wildman–Crippen MR) is 90.5 cm³/mol. The lowest BCUT2D eigenvalue weighted by molar-refractivity contribution is 0.174. The fourth-order valence-electron chi connectivity index (χ4n) is 3.20. The Bertz CT molecular complexity index is 581. The highest BCUT2D eigenvalue weighted by Crippen LogP contribution is 2.42. The number of para-hydroxylation sites is 2. The number of hydrogen-bond acceptors (Lipinski definition) is 3. The van der Waals surface area contributed by atoms with Crippen LogP contribution in [0.3, 0.4) is 0 Å². The van der Waals surface area contributed by atoms with Crippen LogP contribution in [0.4, 0.5) is 0 Å². The Morgan fingerprint density at radius 3 is 2.71 bits per heavy atom. The molecule has 1 aliphatic carbocycles. The largest absolute Gasteiger partial charge is 0.333 e. The molecular weight excluding hydrogens is 278 g/mol. The van der Waals surface area contributed by atoms with Crippen molar-refractivity contribution in [3.05, 3.63) is 24.3 Å². The van der Waals surface area contributed by atoms with Crippen LogP contribution in [0.25, 0.3) is 11.0 Å². The van der Waals surface area contributed by atoms with Crippen molar-refractivity contribution in [3.8, 4) is 0 Å². The molecule has 0 amide bonds. The molecule has 3 atom stereocenters. The Labute approximate surface area is 131 Å². The van der Waals surface area contributed by atoms with Gasteiger partial charge in [0.2, 0.25) is 0 Å². The molecule has 0 bridgehead atoms. The molecule has 0 radical (unpaired) electrons. The number of rotatable bonds is 2. The van der Waals surface area contributed by atoms with E-state index in [1.54, 1.807) is 0 Å². The zero-order valence-electron chi connectivity index (χ0n) is 13.1. The van der Waals surface area contributed by atoms with Crippen molar-refractivity contribution in [2.75, 3.05) is 0 Å². The number of imidazole rings is 1. The van der Waals surface area contributed by atoms with E-state index in [4.69, 9.17) is 5.73 Å². The SMILES string of the molecule is CC(C)(C)C1CCC(N)C(Sc2nc3ccccc3[nH]2)C1. The summed E-state index contributed by atoms with van der Waals surface area (Å²) in [4.78, 5) is 8.09. The number of nitrogens with two attached hydrogens (primary N) is 1. The first-order valence-electron chi connectivity index (χ1n) is 7.80. The van der Waals surface area contributed by atoms with E-state index in [9.17, 15) is 0 Å². The van der Waals surface area contributed by atoms with E-state index >= 15 is 0 Å². The molecule has 0 spiro atoms. The molecule has 3 nitrogen and oxygen atoms in total. The monoisotopic (exact) mass is 303 g/mol. The summed E-state index contributed by atoms with van der Waals surface area (Å²) in [6.07, 6.45) is 3.56. The highest BCUT2D eigenvalue weighted by molar-refractivity contribution is 7.99. The van der Waals surface area contributed by atoms with Crippen molar-refractivity contribution in [2.45, 2.75) is 56.5 Å². The molecule has 114 valence electrons. The maximum atomic E-state index is 6.36. The fourth-order valence-corrected chi connectivity index (χ4v) is 4.45. The molecule has 21 heavy (non-hydrogen) atoms. The number of fused-ring (bicyclic) bond motifs is 1. The zero-order chi connectivity index (χ0) is 15.0. The third kappa shape index (κ3) is 3.27. The van der Waals surface area contributed by atoms with Gasteiger partial charge >= 0.3 is 0 Å². The molecule has 1 fully saturated rings. The summed E-state index contributed by atoms with van der Waals surface area (Å²) in [5, 5.41) is 1.47. The normalized spacial score (nSPS) is 27.1. The van der Waals surface area contributed by atoms with Crippen molar-refractivity contribution in [3.63, 3.8) is 0 Å². The summed E-state index contributed by atoms with van der Waals surface area (Å²) in [5.74, 6) is 0.749. The van der Waals surface area contributed by atoms with Gasteiger partial charge in [-0.15, -0.1) is 0 Å². The van der Waals surface area contributed by atoms with E-state index in [-0.39, 0.29) is 6.04 Å². The smallest absolute Gasteiger partial charge is 0.166 e. The third-order valence-corrected chi connectivity index (χ3v) is 5.96. The lowest BCUT2D eigenvalue weighted by Crippen LogP contribution is -2.41. The van der Waals surface area contributed by atoms with Crippen LogP contribution in [0.1, 0.15) is 40.0 Å². The average molecular weight is 303 g/mol. The molecule has 1 saturated carbocycles. The zero-order valence-corrected chi connectivity index (χ0v) is 13.9. The van der Waals surface area contributed by atoms with Gasteiger partial charge in [0, 0.05) is 11.3 Å². The summed E-state index contributed by atoms with van der Waals surface area (Å²) in [7, 11) is 0. The van der Waals surface area contributed by atoms with E-state index in [0.29, 0.717) is 10.7 Å². The van der Waals surface area contributed by atoms with Crippen LogP contribution in [0.2, 0.25) is 0 Å². The molecule has 1 aromatic heterocycles. The minimum Gasteiger partial charge on any atom is -0.333 e. The van der Waals surface area contributed by atoms with Crippen LogP contribution in [-0.2, 0) is 0 Å². The fraction of sp³-hybridized carbons (Fsp3) is 0.588. The quantitative estimate of drug-likeness (QED) is 0.874. The minimum atomic E-state index is 0.279. The molecule has 0 aliphatic heterocycles. The van der Waals surface area contributed by atoms with Crippen LogP contribution in [0, 0.1) is 11.3 Å². The lowest BCUT2D eigenvalue weighted by atomic mass is 9.71. The molecule has 2 aromatic rings. The van der Waals surface area contributed by atoms with Gasteiger partial charge in [0.1, 0.15) is 0 Å². The van der Waals surface area contributed by atoms with Crippen molar-refractivity contribution in [1.29, 1.82) is 0 Å². The highest BCUT2D eigenvalue weighted by atomic mass is 32.2. The standard InChI is InChI=1S/C17H25N3S/c1-17(2,3)11-8-9-12(18)15(10-11)21-16-19-13-6-4-5-7-14(13)20-16/h4-7,11-12,15H,8-10,18H2,1-3H3,(H,19,20). The van der Waals surface area contributed by atoms with Crippen LogP contribution in [-0.4, -0.2) is 21.3 Å². The van der Waals surface area contributed by atoms with Crippen molar-refractivity contribution >= 4 is 22.8 Å². The van der Waals surface area contributed by atoms with Crippen LogP contribution >= 0.6 is 11.8 Å². The lowest BCUT2D eigenvalue weighted by Gasteiger charge is -2.40. The van der Waals surface area contributed by atoms with Gasteiger partial charge in [-0.05, 0) is 42.7 Å². The number of nitrogens with one attached hydrogen (secondary N) is 1. The maximum absolute atomic E-state index is 6.36. The van der Waals surface area contributed by atoms with Crippen LogP contribution in [0.15, 0.2) is 29.4 Å². The van der Waals surface area contributed by atoms with Crippen molar-refractivity contribution in [2.24, 2.45) is 17.1 Å². The Morgan fingerprint density at radius 1 is 1.24 bits per heavy atom. The van der Waals surface area contributed by atoms with E-state index in [0.717, 1.165) is 28.5 Å². The Balaban J connectivity index is 1.75. The minimum absolute atomic E-state index is 0.279. The van der Waals surface area contributed by atoms with Crippen molar-refractivity contribution < 1.29 is 0 Å². The van der Waals surface area contributed by atoms with E-state index < -0.39 is 0 Å². The number of aromatic nitrogens is 2. The van der Waals surface area contributed by atoms with Gasteiger partial charge in [0.15, 0.2) is 5.16 Å². The first kappa shape index (κ1) is 14.9. The summed E-state index contributed by atoms with van der Waals surface area (Å²) in [6, 6.07) is 8.47. The molecular formula is C17H25N3S. The Kier molecular flexibility index (Phi) is 4.02. The summed E-state index contributed by atoms with van der Waals surface area (Å²) >= 11 is 1.83. The summed E-state index contributed by atoms with van der Waals surface area (Å²) in [5.41, 5.74) is 8.88.